The second-order valence-electron chi connectivity index (χ2n) is 4.07. The van der Waals surface area contributed by atoms with E-state index in [9.17, 15) is 0 Å². The number of benzene rings is 1. The molecule has 100 valence electrons. The first-order chi connectivity index (χ1) is 8.76. The molecule has 18 heavy (non-hydrogen) atoms. The molecule has 0 aliphatic heterocycles. The molecule has 0 atom stereocenters. The third-order valence-corrected chi connectivity index (χ3v) is 2.86. The molecule has 4 nitrogen and oxygen atoms in total. The molecule has 0 aliphatic carbocycles. The van der Waals surface area contributed by atoms with Gasteiger partial charge >= 0.3 is 0 Å². The molecule has 1 aromatic rings. The van der Waals surface area contributed by atoms with Gasteiger partial charge in [-0.15, -0.1) is 0 Å². The fourth-order valence-corrected chi connectivity index (χ4v) is 1.82. The van der Waals surface area contributed by atoms with Crippen molar-refractivity contribution in [3.8, 4) is 11.5 Å². The molecule has 0 spiro atoms. The highest BCUT2D eigenvalue weighted by molar-refractivity contribution is 6.02. The van der Waals surface area contributed by atoms with E-state index in [1.165, 1.54) is 0 Å². The van der Waals surface area contributed by atoms with Crippen molar-refractivity contribution in [2.24, 2.45) is 5.16 Å². The largest absolute Gasteiger partial charge is 0.497 e. The fourth-order valence-electron chi connectivity index (χ4n) is 1.82. The lowest BCUT2D eigenvalue weighted by Crippen LogP contribution is -2.04. The molecule has 1 rings (SSSR count). The van der Waals surface area contributed by atoms with Crippen LogP contribution < -0.4 is 9.47 Å². The first-order valence-corrected chi connectivity index (χ1v) is 6.20. The molecule has 0 unspecified atom stereocenters. The molecule has 0 aromatic heterocycles. The Labute approximate surface area is 108 Å². The smallest absolute Gasteiger partial charge is 0.131 e. The Balaban J connectivity index is 2.91. The van der Waals surface area contributed by atoms with E-state index in [4.69, 9.17) is 14.7 Å². The second-order valence-corrected chi connectivity index (χ2v) is 4.07. The Kier molecular flexibility index (Phi) is 6.05. The van der Waals surface area contributed by atoms with Gasteiger partial charge in [0.05, 0.1) is 19.9 Å². The SMILES string of the molecule is CCCCCC(=NO)c1ccc(OC)cc1OC. The Morgan fingerprint density at radius 1 is 1.22 bits per heavy atom. The fraction of sp³-hybridized carbons (Fsp3) is 0.500. The van der Waals surface area contributed by atoms with Crippen LogP contribution >= 0.6 is 0 Å². The molecule has 4 heteroatoms. The zero-order chi connectivity index (χ0) is 13.4. The normalized spacial score (nSPS) is 11.4. The van der Waals surface area contributed by atoms with E-state index in [1.54, 1.807) is 20.3 Å². The molecule has 0 amide bonds. The highest BCUT2D eigenvalue weighted by Gasteiger charge is 2.11. The van der Waals surface area contributed by atoms with E-state index in [-0.39, 0.29) is 0 Å². The van der Waals surface area contributed by atoms with Gasteiger partial charge in [-0.3, -0.25) is 0 Å². The van der Waals surface area contributed by atoms with Crippen molar-refractivity contribution in [2.45, 2.75) is 32.6 Å². The molecule has 1 N–H and O–H groups in total. The summed E-state index contributed by atoms with van der Waals surface area (Å²) in [6, 6.07) is 5.49. The van der Waals surface area contributed by atoms with Crippen LogP contribution in [-0.4, -0.2) is 25.1 Å². The maximum atomic E-state index is 9.13. The summed E-state index contributed by atoms with van der Waals surface area (Å²) in [5.41, 5.74) is 1.47. The monoisotopic (exact) mass is 251 g/mol. The summed E-state index contributed by atoms with van der Waals surface area (Å²) in [7, 11) is 3.20. The van der Waals surface area contributed by atoms with E-state index < -0.39 is 0 Å². The Hall–Kier alpha value is -1.71. The molecular weight excluding hydrogens is 230 g/mol. The molecule has 0 saturated carbocycles. The van der Waals surface area contributed by atoms with Crippen molar-refractivity contribution in [1.82, 2.24) is 0 Å². The van der Waals surface area contributed by atoms with Crippen LogP contribution in [-0.2, 0) is 0 Å². The van der Waals surface area contributed by atoms with Gasteiger partial charge in [0.2, 0.25) is 0 Å². The standard InChI is InChI=1S/C14H21NO3/c1-4-5-6-7-13(15-16)12-9-8-11(17-2)10-14(12)18-3/h8-10,16H,4-7H2,1-3H3. The van der Waals surface area contributed by atoms with Gasteiger partial charge in [-0.1, -0.05) is 24.9 Å². The van der Waals surface area contributed by atoms with Gasteiger partial charge in [0.1, 0.15) is 11.5 Å². The predicted octanol–water partition coefficient (Wildman–Crippen LogP) is 3.46. The lowest BCUT2D eigenvalue weighted by Gasteiger charge is -2.11. The summed E-state index contributed by atoms with van der Waals surface area (Å²) in [6.45, 7) is 2.14. The van der Waals surface area contributed by atoms with Gasteiger partial charge in [0.15, 0.2) is 0 Å². The minimum atomic E-state index is 0.656. The highest BCUT2D eigenvalue weighted by atomic mass is 16.5. The number of ether oxygens (including phenoxy) is 2. The minimum absolute atomic E-state index is 0.656. The van der Waals surface area contributed by atoms with Gasteiger partial charge in [-0.25, -0.2) is 0 Å². The zero-order valence-corrected chi connectivity index (χ0v) is 11.3. The summed E-state index contributed by atoms with van der Waals surface area (Å²) < 4.78 is 10.4. The van der Waals surface area contributed by atoms with Gasteiger partial charge in [-0.2, -0.15) is 0 Å². The Bertz CT molecular complexity index is 402. The second kappa shape index (κ2) is 7.58. The number of rotatable bonds is 7. The van der Waals surface area contributed by atoms with Crippen LogP contribution in [0.25, 0.3) is 0 Å². The molecule has 0 radical (unpaired) electrons. The van der Waals surface area contributed by atoms with Crippen molar-refractivity contribution in [2.75, 3.05) is 14.2 Å². The maximum Gasteiger partial charge on any atom is 0.131 e. The van der Waals surface area contributed by atoms with Crippen molar-refractivity contribution in [3.63, 3.8) is 0 Å². The first kappa shape index (κ1) is 14.4. The maximum absolute atomic E-state index is 9.13. The van der Waals surface area contributed by atoms with Gasteiger partial charge in [0, 0.05) is 11.6 Å². The summed E-state index contributed by atoms with van der Waals surface area (Å²) in [5, 5.41) is 12.5. The van der Waals surface area contributed by atoms with Crippen molar-refractivity contribution >= 4 is 5.71 Å². The highest BCUT2D eigenvalue weighted by Crippen LogP contribution is 2.26. The number of hydrogen-bond acceptors (Lipinski definition) is 4. The van der Waals surface area contributed by atoms with Crippen LogP contribution in [0.2, 0.25) is 0 Å². The van der Waals surface area contributed by atoms with Crippen molar-refractivity contribution in [3.05, 3.63) is 23.8 Å². The lowest BCUT2D eigenvalue weighted by atomic mass is 10.0. The quantitative estimate of drug-likeness (QED) is 0.349. The number of nitrogens with zero attached hydrogens (tertiary/aromatic N) is 1. The van der Waals surface area contributed by atoms with Crippen LogP contribution in [0.5, 0.6) is 11.5 Å². The number of hydrogen-bond donors (Lipinski definition) is 1. The molecule has 0 aliphatic rings. The molecule has 0 heterocycles. The molecule has 0 fully saturated rings. The number of unbranched alkanes of at least 4 members (excludes halogenated alkanes) is 2. The van der Waals surface area contributed by atoms with E-state index in [2.05, 4.69) is 12.1 Å². The van der Waals surface area contributed by atoms with Crippen LogP contribution in [0.1, 0.15) is 38.2 Å². The third kappa shape index (κ3) is 3.65. The van der Waals surface area contributed by atoms with E-state index in [0.717, 1.165) is 37.0 Å². The third-order valence-electron chi connectivity index (χ3n) is 2.86. The van der Waals surface area contributed by atoms with Crippen LogP contribution in [0.4, 0.5) is 0 Å². The Morgan fingerprint density at radius 2 is 2.00 bits per heavy atom. The molecule has 0 saturated heterocycles. The van der Waals surface area contributed by atoms with Crippen molar-refractivity contribution < 1.29 is 14.7 Å². The zero-order valence-electron chi connectivity index (χ0n) is 11.3. The molecule has 1 aromatic carbocycles. The average molecular weight is 251 g/mol. The summed E-state index contributed by atoms with van der Waals surface area (Å²) in [5.74, 6) is 1.39. The van der Waals surface area contributed by atoms with Gasteiger partial charge in [0.25, 0.3) is 0 Å². The molecular formula is C14H21NO3. The van der Waals surface area contributed by atoms with E-state index in [1.807, 2.05) is 12.1 Å². The summed E-state index contributed by atoms with van der Waals surface area (Å²) in [6.07, 6.45) is 4.01. The predicted molar refractivity (Wildman–Crippen MR) is 72.0 cm³/mol. The van der Waals surface area contributed by atoms with E-state index in [0.29, 0.717) is 11.5 Å². The minimum Gasteiger partial charge on any atom is -0.497 e. The lowest BCUT2D eigenvalue weighted by molar-refractivity contribution is 0.317. The molecule has 0 bridgehead atoms. The van der Waals surface area contributed by atoms with Crippen LogP contribution in [0.3, 0.4) is 0 Å². The summed E-state index contributed by atoms with van der Waals surface area (Å²) >= 11 is 0. The van der Waals surface area contributed by atoms with Crippen LogP contribution in [0, 0.1) is 0 Å². The van der Waals surface area contributed by atoms with E-state index >= 15 is 0 Å². The Morgan fingerprint density at radius 3 is 2.56 bits per heavy atom. The topological polar surface area (TPSA) is 51.1 Å². The van der Waals surface area contributed by atoms with Gasteiger partial charge in [-0.05, 0) is 25.0 Å². The summed E-state index contributed by atoms with van der Waals surface area (Å²) in [4.78, 5) is 0. The number of methoxy groups -OCH3 is 2. The van der Waals surface area contributed by atoms with Crippen LogP contribution in [0.15, 0.2) is 23.4 Å². The first-order valence-electron chi connectivity index (χ1n) is 6.20. The average Bonchev–Trinajstić information content (AvgIpc) is 2.43. The number of oxime groups is 1. The van der Waals surface area contributed by atoms with Crippen molar-refractivity contribution in [1.29, 1.82) is 0 Å². The van der Waals surface area contributed by atoms with Gasteiger partial charge < -0.3 is 14.7 Å².